The number of hydrogen-bond acceptors (Lipinski definition) is 5. The number of nitrogens with zero attached hydrogens (tertiary/aromatic N) is 4. The fourth-order valence-electron chi connectivity index (χ4n) is 2.90. The molecule has 1 aromatic carbocycles. The van der Waals surface area contributed by atoms with Crippen molar-refractivity contribution < 1.29 is 0 Å². The Bertz CT molecular complexity index is 729. The van der Waals surface area contributed by atoms with E-state index in [1.54, 1.807) is 11.3 Å². The molecular weight excluding hydrogens is 282 g/mol. The van der Waals surface area contributed by atoms with Gasteiger partial charge in [0.1, 0.15) is 5.82 Å². The van der Waals surface area contributed by atoms with Gasteiger partial charge in [-0.3, -0.25) is 5.10 Å². The number of nitrogens with one attached hydrogen (secondary N) is 1. The number of benzene rings is 1. The number of piperidine rings is 1. The Balaban J connectivity index is 1.60. The van der Waals surface area contributed by atoms with Gasteiger partial charge in [-0.25, -0.2) is 9.97 Å². The maximum atomic E-state index is 4.77. The van der Waals surface area contributed by atoms with Crippen LogP contribution in [0, 0.1) is 6.92 Å². The zero-order valence-electron chi connectivity index (χ0n) is 11.9. The molecule has 1 saturated heterocycles. The average molecular weight is 299 g/mol. The third kappa shape index (κ3) is 2.40. The molecule has 0 amide bonds. The lowest BCUT2D eigenvalue weighted by molar-refractivity contribution is 0.492. The predicted molar refractivity (Wildman–Crippen MR) is 84.9 cm³/mol. The lowest BCUT2D eigenvalue weighted by Crippen LogP contribution is -2.34. The summed E-state index contributed by atoms with van der Waals surface area (Å²) in [5, 5.41) is 8.40. The number of rotatable bonds is 2. The number of hydrogen-bond donors (Lipinski definition) is 1. The van der Waals surface area contributed by atoms with Gasteiger partial charge in [0.05, 0.1) is 10.2 Å². The van der Waals surface area contributed by atoms with E-state index in [-0.39, 0.29) is 0 Å². The quantitative estimate of drug-likeness (QED) is 0.790. The van der Waals surface area contributed by atoms with Crippen molar-refractivity contribution >= 4 is 26.7 Å². The van der Waals surface area contributed by atoms with Crippen molar-refractivity contribution in [1.29, 1.82) is 0 Å². The van der Waals surface area contributed by atoms with E-state index in [2.05, 4.69) is 38.3 Å². The molecule has 1 aliphatic rings. The topological polar surface area (TPSA) is 57.7 Å². The normalized spacial score (nSPS) is 19.3. The van der Waals surface area contributed by atoms with Gasteiger partial charge in [-0.2, -0.15) is 5.10 Å². The molecule has 1 atom stereocenters. The first-order valence-electron chi connectivity index (χ1n) is 7.29. The summed E-state index contributed by atoms with van der Waals surface area (Å²) in [5.41, 5.74) is 1.09. The summed E-state index contributed by atoms with van der Waals surface area (Å²) in [7, 11) is 0. The van der Waals surface area contributed by atoms with Gasteiger partial charge >= 0.3 is 0 Å². The molecule has 108 valence electrons. The number of anilines is 1. The van der Waals surface area contributed by atoms with E-state index >= 15 is 0 Å². The van der Waals surface area contributed by atoms with E-state index < -0.39 is 0 Å². The minimum Gasteiger partial charge on any atom is -0.347 e. The summed E-state index contributed by atoms with van der Waals surface area (Å²) in [6.07, 6.45) is 2.31. The predicted octanol–water partition coefficient (Wildman–Crippen LogP) is 3.11. The molecule has 6 heteroatoms. The molecule has 0 radical (unpaired) electrons. The van der Waals surface area contributed by atoms with Crippen LogP contribution >= 0.6 is 11.3 Å². The smallest absolute Gasteiger partial charge is 0.186 e. The second kappa shape index (κ2) is 5.11. The second-order valence-electron chi connectivity index (χ2n) is 5.53. The van der Waals surface area contributed by atoms with Crippen LogP contribution in [0.15, 0.2) is 24.3 Å². The van der Waals surface area contributed by atoms with E-state index in [9.17, 15) is 0 Å². The molecule has 1 unspecified atom stereocenters. The third-order valence-corrected chi connectivity index (χ3v) is 5.05. The fraction of sp³-hybridized carbons (Fsp3) is 0.400. The Morgan fingerprint density at radius 2 is 2.19 bits per heavy atom. The Labute approximate surface area is 127 Å². The number of aryl methyl sites for hydroxylation is 1. The van der Waals surface area contributed by atoms with E-state index in [0.29, 0.717) is 5.92 Å². The minimum absolute atomic E-state index is 0.399. The highest BCUT2D eigenvalue weighted by atomic mass is 32.1. The van der Waals surface area contributed by atoms with Crippen molar-refractivity contribution in [3.8, 4) is 0 Å². The zero-order chi connectivity index (χ0) is 14.2. The van der Waals surface area contributed by atoms with Gasteiger partial charge in [-0.05, 0) is 31.9 Å². The third-order valence-electron chi connectivity index (χ3n) is 3.95. The van der Waals surface area contributed by atoms with Crippen LogP contribution in [0.3, 0.4) is 0 Å². The molecule has 0 aliphatic carbocycles. The summed E-state index contributed by atoms with van der Waals surface area (Å²) >= 11 is 1.77. The Kier molecular flexibility index (Phi) is 3.11. The Morgan fingerprint density at radius 3 is 3.00 bits per heavy atom. The van der Waals surface area contributed by atoms with Gasteiger partial charge in [0.25, 0.3) is 0 Å². The monoisotopic (exact) mass is 299 g/mol. The van der Waals surface area contributed by atoms with Gasteiger partial charge in [0.2, 0.25) is 0 Å². The first-order chi connectivity index (χ1) is 10.3. The number of aromatic amines is 1. The zero-order valence-corrected chi connectivity index (χ0v) is 12.7. The van der Waals surface area contributed by atoms with Crippen LogP contribution in [0.5, 0.6) is 0 Å². The van der Waals surface area contributed by atoms with Crippen LogP contribution in [0.1, 0.15) is 30.4 Å². The number of H-pyrrole nitrogens is 1. The maximum absolute atomic E-state index is 4.77. The molecule has 1 N–H and O–H groups in total. The van der Waals surface area contributed by atoms with E-state index in [4.69, 9.17) is 4.98 Å². The average Bonchev–Trinajstić information content (AvgIpc) is 3.13. The number of aromatic nitrogens is 4. The van der Waals surface area contributed by atoms with Crippen LogP contribution in [-0.4, -0.2) is 33.3 Å². The minimum atomic E-state index is 0.399. The summed E-state index contributed by atoms with van der Waals surface area (Å²) < 4.78 is 1.25. The molecule has 2 aromatic heterocycles. The largest absolute Gasteiger partial charge is 0.347 e. The van der Waals surface area contributed by atoms with Crippen LogP contribution in [0.2, 0.25) is 0 Å². The molecule has 1 aliphatic heterocycles. The number of thiazole rings is 1. The van der Waals surface area contributed by atoms with Crippen molar-refractivity contribution in [3.63, 3.8) is 0 Å². The van der Waals surface area contributed by atoms with Crippen molar-refractivity contribution in [2.24, 2.45) is 0 Å². The van der Waals surface area contributed by atoms with E-state index in [1.807, 2.05) is 13.0 Å². The molecule has 0 spiro atoms. The molecule has 5 nitrogen and oxygen atoms in total. The van der Waals surface area contributed by atoms with Gasteiger partial charge < -0.3 is 4.90 Å². The van der Waals surface area contributed by atoms with Crippen molar-refractivity contribution in [2.45, 2.75) is 25.7 Å². The van der Waals surface area contributed by atoms with E-state index in [0.717, 1.165) is 48.2 Å². The van der Waals surface area contributed by atoms with Crippen LogP contribution < -0.4 is 4.90 Å². The van der Waals surface area contributed by atoms with Gasteiger partial charge in [-0.1, -0.05) is 23.5 Å². The van der Waals surface area contributed by atoms with E-state index in [1.165, 1.54) is 4.70 Å². The summed E-state index contributed by atoms with van der Waals surface area (Å²) in [5.74, 6) is 2.23. The van der Waals surface area contributed by atoms with Crippen molar-refractivity contribution in [3.05, 3.63) is 35.9 Å². The Morgan fingerprint density at radius 1 is 1.29 bits per heavy atom. The highest BCUT2D eigenvalue weighted by Crippen LogP contribution is 2.33. The molecule has 0 bridgehead atoms. The second-order valence-corrected chi connectivity index (χ2v) is 6.54. The number of fused-ring (bicyclic) bond motifs is 1. The van der Waals surface area contributed by atoms with Gasteiger partial charge in [0, 0.05) is 19.0 Å². The molecule has 4 rings (SSSR count). The first-order valence-corrected chi connectivity index (χ1v) is 8.10. The molecule has 0 saturated carbocycles. The molecular formula is C15H17N5S. The molecule has 21 heavy (non-hydrogen) atoms. The number of para-hydroxylation sites is 1. The maximum Gasteiger partial charge on any atom is 0.186 e. The van der Waals surface area contributed by atoms with Gasteiger partial charge in [0.15, 0.2) is 11.0 Å². The molecule has 3 heterocycles. The first kappa shape index (κ1) is 12.8. The van der Waals surface area contributed by atoms with Crippen LogP contribution in [0.25, 0.3) is 10.2 Å². The van der Waals surface area contributed by atoms with Crippen LogP contribution in [0.4, 0.5) is 5.13 Å². The Hall–Kier alpha value is -1.95. The molecule has 3 aromatic rings. The standard InChI is InChI=1S/C15H17N5S/c1-10-16-14(19-18-10)11-5-4-8-20(9-11)15-17-12-6-2-3-7-13(12)21-15/h2-3,6-7,11H,4-5,8-9H2,1H3,(H,16,18,19). The summed E-state index contributed by atoms with van der Waals surface area (Å²) in [6.45, 7) is 3.97. The highest BCUT2D eigenvalue weighted by molar-refractivity contribution is 7.22. The summed E-state index contributed by atoms with van der Waals surface area (Å²) in [4.78, 5) is 11.6. The van der Waals surface area contributed by atoms with Crippen molar-refractivity contribution in [1.82, 2.24) is 20.2 Å². The van der Waals surface area contributed by atoms with Crippen LogP contribution in [-0.2, 0) is 0 Å². The lowest BCUT2D eigenvalue weighted by atomic mass is 9.98. The van der Waals surface area contributed by atoms with Gasteiger partial charge in [-0.15, -0.1) is 0 Å². The summed E-state index contributed by atoms with van der Waals surface area (Å²) in [6, 6.07) is 8.33. The van der Waals surface area contributed by atoms with Crippen molar-refractivity contribution in [2.75, 3.05) is 18.0 Å². The lowest BCUT2D eigenvalue weighted by Gasteiger charge is -2.31. The SMILES string of the molecule is Cc1nc(C2CCCN(c3nc4ccccc4s3)C2)n[nH]1. The molecule has 1 fully saturated rings. The fourth-order valence-corrected chi connectivity index (χ4v) is 3.90. The highest BCUT2D eigenvalue weighted by Gasteiger charge is 2.26.